The molecule has 5 aromatic rings. The van der Waals surface area contributed by atoms with Crippen LogP contribution < -0.4 is 18.5 Å². The highest BCUT2D eigenvalue weighted by Gasteiger charge is 2.35. The zero-order valence-corrected chi connectivity index (χ0v) is 22.6. The minimum absolute atomic E-state index is 0.0320. The van der Waals surface area contributed by atoms with Crippen LogP contribution in [0.25, 0.3) is 11.0 Å². The van der Waals surface area contributed by atoms with Gasteiger partial charge < -0.3 is 18.6 Å². The molecule has 202 valence electrons. The average Bonchev–Trinajstić information content (AvgIpc) is 3.59. The van der Waals surface area contributed by atoms with E-state index in [-0.39, 0.29) is 29.7 Å². The first-order chi connectivity index (χ1) is 19.3. The lowest BCUT2D eigenvalue weighted by Crippen LogP contribution is -2.31. The van der Waals surface area contributed by atoms with Gasteiger partial charge >= 0.3 is 0 Å². The molecule has 0 unspecified atom stereocenters. The summed E-state index contributed by atoms with van der Waals surface area (Å²) in [6.45, 7) is 1.88. The Hall–Kier alpha value is -4.76. The van der Waals surface area contributed by atoms with Gasteiger partial charge in [0.2, 0.25) is 12.6 Å². The number of methoxy groups -OCH3 is 1. The summed E-state index contributed by atoms with van der Waals surface area (Å²) in [6, 6.07) is 25.6. The first-order valence-corrected chi connectivity index (χ1v) is 14.0. The summed E-state index contributed by atoms with van der Waals surface area (Å²) >= 11 is 0. The number of fused-ring (bicyclic) bond motifs is 2. The fourth-order valence-corrected chi connectivity index (χ4v) is 6.09. The lowest BCUT2D eigenvalue weighted by Gasteiger charge is -2.25. The highest BCUT2D eigenvalue weighted by molar-refractivity contribution is 7.92. The number of carbonyl (C=O) groups excluding carboxylic acids is 1. The van der Waals surface area contributed by atoms with E-state index in [2.05, 4.69) is 0 Å². The van der Waals surface area contributed by atoms with E-state index in [1.165, 1.54) is 11.4 Å². The minimum Gasteiger partial charge on any atom is -0.497 e. The van der Waals surface area contributed by atoms with E-state index in [1.807, 2.05) is 37.3 Å². The first-order valence-electron chi connectivity index (χ1n) is 12.5. The topological polar surface area (TPSA) is 95.3 Å². The van der Waals surface area contributed by atoms with Crippen molar-refractivity contribution in [1.82, 2.24) is 0 Å². The number of hydrogen-bond donors (Lipinski definition) is 0. The van der Waals surface area contributed by atoms with Gasteiger partial charge in [-0.15, -0.1) is 0 Å². The minimum atomic E-state index is -4.16. The van der Waals surface area contributed by atoms with E-state index in [1.54, 1.807) is 60.7 Å². The normalized spacial score (nSPS) is 12.4. The van der Waals surface area contributed by atoms with Gasteiger partial charge in [-0.1, -0.05) is 48.0 Å². The smallest absolute Gasteiger partial charge is 0.264 e. The van der Waals surface area contributed by atoms with Crippen LogP contribution in [0.15, 0.2) is 100 Å². The van der Waals surface area contributed by atoms with Crippen molar-refractivity contribution in [3.63, 3.8) is 0 Å². The Morgan fingerprint density at radius 1 is 0.900 bits per heavy atom. The third-order valence-corrected chi connectivity index (χ3v) is 8.50. The molecule has 0 radical (unpaired) electrons. The molecule has 4 aromatic carbocycles. The number of ether oxygens (including phenoxy) is 3. The Morgan fingerprint density at radius 2 is 1.57 bits per heavy atom. The van der Waals surface area contributed by atoms with Crippen LogP contribution >= 0.6 is 0 Å². The van der Waals surface area contributed by atoms with Crippen LogP contribution in [0.4, 0.5) is 5.69 Å². The molecule has 6 rings (SSSR count). The predicted octanol–water partition coefficient (Wildman–Crippen LogP) is 6.11. The predicted molar refractivity (Wildman–Crippen MR) is 150 cm³/mol. The van der Waals surface area contributed by atoms with Crippen molar-refractivity contribution in [3.8, 4) is 17.2 Å². The molecule has 0 fully saturated rings. The molecule has 1 aromatic heterocycles. The second-order valence-corrected chi connectivity index (χ2v) is 11.2. The molecule has 0 spiro atoms. The standard InChI is InChI=1S/C31H25NO7S/c1-20-8-14-24(15-9-20)40(34,35)32(18-21-6-4-3-5-7-21)29-25-16-27-28(38-19-37-27)17-26(25)39-31(29)30(33)22-10-12-23(36-2)13-11-22/h3-17H,18-19H2,1-2H3. The number of nitrogens with zero attached hydrogens (tertiary/aromatic N) is 1. The number of sulfonamides is 1. The fraction of sp³-hybridized carbons (Fsp3) is 0.129. The lowest BCUT2D eigenvalue weighted by molar-refractivity contribution is 0.101. The number of benzene rings is 4. The molecule has 1 aliphatic heterocycles. The van der Waals surface area contributed by atoms with E-state index in [9.17, 15) is 13.2 Å². The zero-order chi connectivity index (χ0) is 27.9. The number of ketones is 1. The van der Waals surface area contributed by atoms with Crippen molar-refractivity contribution in [3.05, 3.63) is 113 Å². The molecular weight excluding hydrogens is 530 g/mol. The van der Waals surface area contributed by atoms with Crippen LogP contribution in [-0.4, -0.2) is 28.1 Å². The third-order valence-electron chi connectivity index (χ3n) is 6.74. The fourth-order valence-electron chi connectivity index (χ4n) is 4.62. The average molecular weight is 556 g/mol. The van der Waals surface area contributed by atoms with Crippen molar-refractivity contribution in [2.75, 3.05) is 18.2 Å². The van der Waals surface area contributed by atoms with Gasteiger partial charge in [-0.3, -0.25) is 9.10 Å². The molecule has 40 heavy (non-hydrogen) atoms. The third kappa shape index (κ3) is 4.54. The molecular formula is C31H25NO7S. The van der Waals surface area contributed by atoms with Crippen LogP contribution in [0.3, 0.4) is 0 Å². The number of carbonyl (C=O) groups is 1. The molecule has 0 saturated carbocycles. The molecule has 0 N–H and O–H groups in total. The summed E-state index contributed by atoms with van der Waals surface area (Å²) < 4.78 is 52.4. The number of hydrogen-bond acceptors (Lipinski definition) is 7. The quantitative estimate of drug-likeness (QED) is 0.213. The van der Waals surface area contributed by atoms with Crippen LogP contribution in [0.2, 0.25) is 0 Å². The van der Waals surface area contributed by atoms with Crippen molar-refractivity contribution < 1.29 is 31.8 Å². The van der Waals surface area contributed by atoms with E-state index < -0.39 is 15.8 Å². The lowest BCUT2D eigenvalue weighted by atomic mass is 10.1. The highest BCUT2D eigenvalue weighted by atomic mass is 32.2. The van der Waals surface area contributed by atoms with Crippen molar-refractivity contribution >= 4 is 32.5 Å². The summed E-state index contributed by atoms with van der Waals surface area (Å²) in [5.41, 5.74) is 2.39. The van der Waals surface area contributed by atoms with Crippen LogP contribution in [0.1, 0.15) is 27.2 Å². The van der Waals surface area contributed by atoms with E-state index in [0.29, 0.717) is 33.8 Å². The van der Waals surface area contributed by atoms with Gasteiger partial charge in [-0.25, -0.2) is 8.42 Å². The molecule has 0 bridgehead atoms. The molecule has 0 amide bonds. The Morgan fingerprint density at radius 3 is 2.25 bits per heavy atom. The first kappa shape index (κ1) is 25.5. The maximum absolute atomic E-state index is 14.3. The monoisotopic (exact) mass is 555 g/mol. The molecule has 8 nitrogen and oxygen atoms in total. The summed E-state index contributed by atoms with van der Waals surface area (Å²) in [5, 5.41) is 0.410. The second kappa shape index (κ2) is 10.1. The number of anilines is 1. The SMILES string of the molecule is COc1ccc(C(=O)c2oc3cc4c(cc3c2N(Cc2ccccc2)S(=O)(=O)c2ccc(C)cc2)OCO4)cc1. The van der Waals surface area contributed by atoms with Crippen LogP contribution in [0, 0.1) is 6.92 Å². The van der Waals surface area contributed by atoms with Crippen molar-refractivity contribution in [1.29, 1.82) is 0 Å². The summed E-state index contributed by atoms with van der Waals surface area (Å²) in [5.74, 6) is 0.876. The van der Waals surface area contributed by atoms with Crippen molar-refractivity contribution in [2.45, 2.75) is 18.4 Å². The zero-order valence-electron chi connectivity index (χ0n) is 21.8. The number of rotatable bonds is 8. The van der Waals surface area contributed by atoms with E-state index >= 15 is 0 Å². The molecule has 2 heterocycles. The molecule has 1 aliphatic rings. The maximum Gasteiger partial charge on any atom is 0.264 e. The van der Waals surface area contributed by atoms with Gasteiger partial charge in [0.25, 0.3) is 10.0 Å². The van der Waals surface area contributed by atoms with Gasteiger partial charge in [-0.05, 0) is 55.0 Å². The van der Waals surface area contributed by atoms with E-state index in [4.69, 9.17) is 18.6 Å². The Kier molecular flexibility index (Phi) is 6.43. The maximum atomic E-state index is 14.3. The van der Waals surface area contributed by atoms with Crippen LogP contribution in [0.5, 0.6) is 17.2 Å². The summed E-state index contributed by atoms with van der Waals surface area (Å²) in [7, 11) is -2.63. The number of aryl methyl sites for hydroxylation is 1. The largest absolute Gasteiger partial charge is 0.497 e. The van der Waals surface area contributed by atoms with E-state index in [0.717, 1.165) is 11.1 Å². The number of furan rings is 1. The summed E-state index contributed by atoms with van der Waals surface area (Å²) in [4.78, 5) is 14.0. The van der Waals surface area contributed by atoms with Gasteiger partial charge in [0, 0.05) is 17.0 Å². The molecule has 0 saturated heterocycles. The highest BCUT2D eigenvalue weighted by Crippen LogP contribution is 2.45. The van der Waals surface area contributed by atoms with Gasteiger partial charge in [0.15, 0.2) is 17.3 Å². The Balaban J connectivity index is 1.60. The van der Waals surface area contributed by atoms with Gasteiger partial charge in [-0.2, -0.15) is 0 Å². The second-order valence-electron chi connectivity index (χ2n) is 9.35. The Labute approximate surface area is 231 Å². The molecule has 0 atom stereocenters. The molecule has 0 aliphatic carbocycles. The van der Waals surface area contributed by atoms with Gasteiger partial charge in [0.1, 0.15) is 17.0 Å². The van der Waals surface area contributed by atoms with Crippen LogP contribution in [-0.2, 0) is 16.6 Å². The Bertz CT molecular complexity index is 1810. The molecule has 9 heteroatoms. The van der Waals surface area contributed by atoms with Crippen molar-refractivity contribution in [2.24, 2.45) is 0 Å². The van der Waals surface area contributed by atoms with Gasteiger partial charge in [0.05, 0.1) is 18.6 Å². The summed E-state index contributed by atoms with van der Waals surface area (Å²) in [6.07, 6.45) is 0.